The topological polar surface area (TPSA) is 122 Å². The Morgan fingerprint density at radius 1 is 0.967 bits per heavy atom. The molecule has 0 fully saturated rings. The molecule has 0 bridgehead atoms. The highest BCUT2D eigenvalue weighted by Crippen LogP contribution is 2.43. The molecular formula is C23H27N3O4. The van der Waals surface area contributed by atoms with E-state index < -0.39 is 11.4 Å². The van der Waals surface area contributed by atoms with E-state index in [2.05, 4.69) is 10.6 Å². The Balaban J connectivity index is 2.30. The summed E-state index contributed by atoms with van der Waals surface area (Å²) in [6.07, 6.45) is 1.30. The molecule has 1 aliphatic carbocycles. The van der Waals surface area contributed by atoms with E-state index in [-0.39, 0.29) is 24.3 Å². The van der Waals surface area contributed by atoms with Crippen LogP contribution in [0.2, 0.25) is 0 Å². The number of amides is 2. The van der Waals surface area contributed by atoms with E-state index in [1.165, 1.54) is 0 Å². The Kier molecular flexibility index (Phi) is 5.94. The summed E-state index contributed by atoms with van der Waals surface area (Å²) in [5.74, 6) is -1.45. The molecule has 2 aromatic rings. The van der Waals surface area contributed by atoms with Gasteiger partial charge in [-0.2, -0.15) is 0 Å². The maximum absolute atomic E-state index is 12.8. The van der Waals surface area contributed by atoms with Crippen molar-refractivity contribution in [2.24, 2.45) is 5.73 Å². The number of aliphatic carboxylic acids is 1. The minimum atomic E-state index is -1.36. The number of rotatable bonds is 5. The molecule has 0 saturated heterocycles. The molecular weight excluding hydrogens is 382 g/mol. The third kappa shape index (κ3) is 3.57. The number of hydrogen-bond donors (Lipinski definition) is 4. The van der Waals surface area contributed by atoms with Crippen LogP contribution >= 0.6 is 0 Å². The fourth-order valence-corrected chi connectivity index (χ4v) is 4.44. The molecule has 0 aliphatic heterocycles. The number of nitrogens with one attached hydrogen (secondary N) is 2. The van der Waals surface area contributed by atoms with Crippen molar-refractivity contribution in [3.63, 3.8) is 0 Å². The lowest BCUT2D eigenvalue weighted by atomic mass is 9.68. The van der Waals surface area contributed by atoms with Crippen LogP contribution in [0.3, 0.4) is 0 Å². The lowest BCUT2D eigenvalue weighted by molar-refractivity contribution is -0.142. The second kappa shape index (κ2) is 8.28. The number of hydrogen-bond acceptors (Lipinski definition) is 4. The first-order valence-corrected chi connectivity index (χ1v) is 9.94. The van der Waals surface area contributed by atoms with Gasteiger partial charge in [0.15, 0.2) is 0 Å². The first kappa shape index (κ1) is 21.5. The Bertz CT molecular complexity index is 946. The van der Waals surface area contributed by atoms with E-state index >= 15 is 0 Å². The molecule has 0 radical (unpaired) electrons. The normalized spacial score (nSPS) is 15.2. The van der Waals surface area contributed by atoms with Crippen molar-refractivity contribution >= 4 is 17.8 Å². The van der Waals surface area contributed by atoms with Gasteiger partial charge in [-0.25, -0.2) is 0 Å². The molecule has 2 amide bonds. The van der Waals surface area contributed by atoms with Crippen LogP contribution in [-0.2, 0) is 23.1 Å². The van der Waals surface area contributed by atoms with Crippen molar-refractivity contribution in [3.05, 3.63) is 69.8 Å². The fourth-order valence-electron chi connectivity index (χ4n) is 4.44. The third-order valence-corrected chi connectivity index (χ3v) is 5.77. The van der Waals surface area contributed by atoms with E-state index in [0.717, 1.165) is 11.1 Å². The third-order valence-electron chi connectivity index (χ3n) is 5.77. The van der Waals surface area contributed by atoms with Gasteiger partial charge in [0.2, 0.25) is 0 Å². The minimum Gasteiger partial charge on any atom is -0.480 e. The summed E-state index contributed by atoms with van der Waals surface area (Å²) < 4.78 is 0. The zero-order valence-corrected chi connectivity index (χ0v) is 17.4. The van der Waals surface area contributed by atoms with Gasteiger partial charge >= 0.3 is 5.97 Å². The van der Waals surface area contributed by atoms with Gasteiger partial charge in [0.25, 0.3) is 11.8 Å². The van der Waals surface area contributed by atoms with Crippen LogP contribution in [0, 0.1) is 0 Å². The van der Waals surface area contributed by atoms with Crippen molar-refractivity contribution < 1.29 is 19.5 Å². The molecule has 158 valence electrons. The predicted molar refractivity (Wildman–Crippen MR) is 114 cm³/mol. The van der Waals surface area contributed by atoms with Gasteiger partial charge in [-0.15, -0.1) is 0 Å². The highest BCUT2D eigenvalue weighted by Gasteiger charge is 2.46. The van der Waals surface area contributed by atoms with Crippen LogP contribution in [0.15, 0.2) is 36.4 Å². The fraction of sp³-hybridized carbons (Fsp3) is 0.348. The molecule has 7 nitrogen and oxygen atoms in total. The number of carboxylic acids is 1. The van der Waals surface area contributed by atoms with Gasteiger partial charge in [-0.1, -0.05) is 12.1 Å². The largest absolute Gasteiger partial charge is 0.480 e. The average Bonchev–Trinajstić information content (AvgIpc) is 2.87. The summed E-state index contributed by atoms with van der Waals surface area (Å²) in [5, 5.41) is 15.7. The standard InChI is InChI=1S/C23H27N3O4/c1-13(24)12-23(22(29)30)18-8-6-16(20(27)25-2)10-14(18)4-5-15-11-17(21(28)26-3)7-9-19(15)23/h6-11,13H,4-5,12,24H2,1-3H3,(H,25,27)(H,26,28)(H,29,30)/t13-/m1/s1. The van der Waals surface area contributed by atoms with Gasteiger partial charge in [0.05, 0.1) is 0 Å². The molecule has 0 spiro atoms. The monoisotopic (exact) mass is 409 g/mol. The van der Waals surface area contributed by atoms with Crippen LogP contribution < -0.4 is 16.4 Å². The number of carbonyl (C=O) groups excluding carboxylic acids is 2. The van der Waals surface area contributed by atoms with Crippen molar-refractivity contribution in [2.75, 3.05) is 14.1 Å². The molecule has 30 heavy (non-hydrogen) atoms. The van der Waals surface area contributed by atoms with Crippen LogP contribution in [0.25, 0.3) is 0 Å². The number of fused-ring (bicyclic) bond motifs is 2. The van der Waals surface area contributed by atoms with Crippen molar-refractivity contribution in [1.82, 2.24) is 10.6 Å². The summed E-state index contributed by atoms with van der Waals surface area (Å²) >= 11 is 0. The molecule has 1 atom stereocenters. The van der Waals surface area contributed by atoms with E-state index in [0.29, 0.717) is 35.1 Å². The van der Waals surface area contributed by atoms with E-state index in [1.54, 1.807) is 57.4 Å². The zero-order chi connectivity index (χ0) is 22.1. The number of aryl methyl sites for hydroxylation is 2. The first-order valence-electron chi connectivity index (χ1n) is 9.94. The number of benzene rings is 2. The second-order valence-corrected chi connectivity index (χ2v) is 7.79. The number of carbonyl (C=O) groups is 3. The van der Waals surface area contributed by atoms with Gasteiger partial charge in [-0.05, 0) is 72.7 Å². The maximum atomic E-state index is 12.8. The zero-order valence-electron chi connectivity index (χ0n) is 17.4. The minimum absolute atomic E-state index is 0.195. The summed E-state index contributed by atoms with van der Waals surface area (Å²) in [6.45, 7) is 1.78. The average molecular weight is 409 g/mol. The Morgan fingerprint density at radius 2 is 1.40 bits per heavy atom. The molecule has 1 aliphatic rings. The van der Waals surface area contributed by atoms with Crippen LogP contribution in [-0.4, -0.2) is 43.0 Å². The highest BCUT2D eigenvalue weighted by atomic mass is 16.4. The lowest BCUT2D eigenvalue weighted by Crippen LogP contribution is -2.42. The molecule has 0 saturated carbocycles. The predicted octanol–water partition coefficient (Wildman–Crippen LogP) is 1.61. The van der Waals surface area contributed by atoms with Gasteiger partial charge < -0.3 is 21.5 Å². The summed E-state index contributed by atoms with van der Waals surface area (Å²) in [5.41, 5.74) is 8.61. The summed E-state index contributed by atoms with van der Waals surface area (Å²) in [6, 6.07) is 9.92. The first-order chi connectivity index (χ1) is 14.2. The van der Waals surface area contributed by atoms with Crippen molar-refractivity contribution in [2.45, 2.75) is 37.6 Å². The molecule has 0 heterocycles. The molecule has 2 aromatic carbocycles. The molecule has 5 N–H and O–H groups in total. The van der Waals surface area contributed by atoms with E-state index in [9.17, 15) is 19.5 Å². The van der Waals surface area contributed by atoms with Gasteiger partial charge in [0, 0.05) is 31.3 Å². The van der Waals surface area contributed by atoms with Crippen LogP contribution in [0.5, 0.6) is 0 Å². The van der Waals surface area contributed by atoms with Gasteiger partial charge in [0.1, 0.15) is 5.41 Å². The molecule has 3 rings (SSSR count). The van der Waals surface area contributed by atoms with Crippen molar-refractivity contribution in [1.29, 1.82) is 0 Å². The smallest absolute Gasteiger partial charge is 0.318 e. The van der Waals surface area contributed by atoms with E-state index in [1.807, 2.05) is 0 Å². The molecule has 0 aromatic heterocycles. The van der Waals surface area contributed by atoms with E-state index in [4.69, 9.17) is 5.73 Å². The SMILES string of the molecule is CNC(=O)c1ccc2c(c1)CCc1cc(C(=O)NC)ccc1C2(C[C@@H](C)N)C(=O)O. The van der Waals surface area contributed by atoms with Crippen molar-refractivity contribution in [3.8, 4) is 0 Å². The Morgan fingerprint density at radius 3 is 1.73 bits per heavy atom. The van der Waals surface area contributed by atoms with Crippen LogP contribution in [0.1, 0.15) is 56.3 Å². The van der Waals surface area contributed by atoms with Crippen LogP contribution in [0.4, 0.5) is 0 Å². The molecule has 0 unspecified atom stereocenters. The Labute approximate surface area is 175 Å². The maximum Gasteiger partial charge on any atom is 0.318 e. The Hall–Kier alpha value is -3.19. The number of carboxylic acid groups (broad SMARTS) is 1. The number of nitrogens with two attached hydrogens (primary N) is 1. The summed E-state index contributed by atoms with van der Waals surface area (Å²) in [7, 11) is 3.11. The molecule has 7 heteroatoms. The second-order valence-electron chi connectivity index (χ2n) is 7.79. The summed E-state index contributed by atoms with van der Waals surface area (Å²) in [4.78, 5) is 37.1. The quantitative estimate of drug-likeness (QED) is 0.598. The highest BCUT2D eigenvalue weighted by molar-refractivity contribution is 5.96. The lowest BCUT2D eigenvalue weighted by Gasteiger charge is -2.34. The van der Waals surface area contributed by atoms with Gasteiger partial charge in [-0.3, -0.25) is 14.4 Å².